The molecule has 0 aromatic heterocycles. The molecule has 1 atom stereocenters. The second-order valence-electron chi connectivity index (χ2n) is 7.93. The molecule has 0 saturated carbocycles. The first-order chi connectivity index (χ1) is 13.8. The van der Waals surface area contributed by atoms with E-state index in [0.717, 1.165) is 16.7 Å². The van der Waals surface area contributed by atoms with E-state index < -0.39 is 6.04 Å². The van der Waals surface area contributed by atoms with Crippen molar-refractivity contribution in [1.29, 1.82) is 0 Å². The summed E-state index contributed by atoms with van der Waals surface area (Å²) in [6.07, 6.45) is 0. The van der Waals surface area contributed by atoms with E-state index in [1.54, 1.807) is 11.8 Å². The Morgan fingerprint density at radius 3 is 2.31 bits per heavy atom. The van der Waals surface area contributed by atoms with E-state index in [4.69, 9.17) is 4.74 Å². The highest BCUT2D eigenvalue weighted by molar-refractivity contribution is 5.87. The topological polar surface area (TPSA) is 58.6 Å². The molecule has 156 valence electrons. The highest BCUT2D eigenvalue weighted by atomic mass is 16.5. The van der Waals surface area contributed by atoms with Gasteiger partial charge in [-0.1, -0.05) is 55.8 Å². The first-order valence-corrected chi connectivity index (χ1v) is 10.1. The number of nitrogens with one attached hydrogen (secondary N) is 1. The van der Waals surface area contributed by atoms with Crippen molar-refractivity contribution in [3.63, 3.8) is 0 Å². The highest BCUT2D eigenvalue weighted by Crippen LogP contribution is 2.15. The van der Waals surface area contributed by atoms with Gasteiger partial charge in [-0.15, -0.1) is 0 Å². The molecule has 5 nitrogen and oxygen atoms in total. The average molecular weight is 397 g/mol. The standard InChI is InChI=1S/C24H32N2O3/c1-17(2)14-25-24(28)20(5)26(15-21-11-9-18(3)10-12-21)23(27)16-29-22-8-6-7-19(4)13-22/h6-13,17,20H,14-16H2,1-5H3,(H,25,28). The van der Waals surface area contributed by atoms with Crippen molar-refractivity contribution < 1.29 is 14.3 Å². The fourth-order valence-corrected chi connectivity index (χ4v) is 2.86. The third-order valence-electron chi connectivity index (χ3n) is 4.68. The fraction of sp³-hybridized carbons (Fsp3) is 0.417. The van der Waals surface area contributed by atoms with Crippen LogP contribution in [0.25, 0.3) is 0 Å². The molecule has 0 aliphatic carbocycles. The lowest BCUT2D eigenvalue weighted by atomic mass is 10.1. The van der Waals surface area contributed by atoms with E-state index in [1.807, 2.05) is 76.2 Å². The first-order valence-electron chi connectivity index (χ1n) is 10.1. The van der Waals surface area contributed by atoms with Crippen LogP contribution in [0.5, 0.6) is 5.75 Å². The Labute approximate surface area is 174 Å². The Morgan fingerprint density at radius 2 is 1.69 bits per heavy atom. The van der Waals surface area contributed by atoms with Gasteiger partial charge in [-0.3, -0.25) is 9.59 Å². The lowest BCUT2D eigenvalue weighted by Crippen LogP contribution is -2.49. The lowest BCUT2D eigenvalue weighted by molar-refractivity contribution is -0.142. The number of nitrogens with zero attached hydrogens (tertiary/aromatic N) is 1. The summed E-state index contributed by atoms with van der Waals surface area (Å²) < 4.78 is 5.69. The van der Waals surface area contributed by atoms with Crippen LogP contribution in [0.2, 0.25) is 0 Å². The van der Waals surface area contributed by atoms with Gasteiger partial charge in [0.05, 0.1) is 0 Å². The van der Waals surface area contributed by atoms with E-state index in [2.05, 4.69) is 5.32 Å². The van der Waals surface area contributed by atoms with Crippen molar-refractivity contribution in [2.24, 2.45) is 5.92 Å². The van der Waals surface area contributed by atoms with Gasteiger partial charge in [0, 0.05) is 13.1 Å². The van der Waals surface area contributed by atoms with Crippen molar-refractivity contribution in [3.05, 3.63) is 65.2 Å². The molecular formula is C24H32N2O3. The Morgan fingerprint density at radius 1 is 1.00 bits per heavy atom. The van der Waals surface area contributed by atoms with Crippen molar-refractivity contribution in [1.82, 2.24) is 10.2 Å². The average Bonchev–Trinajstić information content (AvgIpc) is 2.69. The first kappa shape index (κ1) is 22.5. The molecule has 0 heterocycles. The molecule has 0 saturated heterocycles. The summed E-state index contributed by atoms with van der Waals surface area (Å²) in [5.74, 6) is 0.608. The molecule has 0 spiro atoms. The number of rotatable bonds is 9. The molecule has 0 aliphatic heterocycles. The van der Waals surface area contributed by atoms with Crippen LogP contribution in [0.1, 0.15) is 37.5 Å². The summed E-state index contributed by atoms with van der Waals surface area (Å²) >= 11 is 0. The summed E-state index contributed by atoms with van der Waals surface area (Å²) in [4.78, 5) is 27.2. The summed E-state index contributed by atoms with van der Waals surface area (Å²) in [5, 5.41) is 2.92. The minimum absolute atomic E-state index is 0.114. The predicted octanol–water partition coefficient (Wildman–Crippen LogP) is 3.87. The molecule has 2 rings (SSSR count). The number of carbonyl (C=O) groups excluding carboxylic acids is 2. The molecule has 0 radical (unpaired) electrons. The van der Waals surface area contributed by atoms with E-state index >= 15 is 0 Å². The predicted molar refractivity (Wildman–Crippen MR) is 116 cm³/mol. The Hall–Kier alpha value is -2.82. The van der Waals surface area contributed by atoms with Gasteiger partial charge in [-0.2, -0.15) is 0 Å². The zero-order valence-electron chi connectivity index (χ0n) is 18.1. The minimum Gasteiger partial charge on any atom is -0.484 e. The molecule has 1 unspecified atom stereocenters. The second-order valence-corrected chi connectivity index (χ2v) is 7.93. The number of benzene rings is 2. The fourth-order valence-electron chi connectivity index (χ4n) is 2.86. The molecule has 0 bridgehead atoms. The van der Waals surface area contributed by atoms with Crippen molar-refractivity contribution in [2.45, 2.75) is 47.2 Å². The molecule has 0 fully saturated rings. The molecule has 2 aromatic carbocycles. The third-order valence-corrected chi connectivity index (χ3v) is 4.68. The van der Waals surface area contributed by atoms with Gasteiger partial charge in [0.1, 0.15) is 11.8 Å². The van der Waals surface area contributed by atoms with Crippen LogP contribution in [-0.2, 0) is 16.1 Å². The van der Waals surface area contributed by atoms with Gasteiger partial charge in [-0.05, 0) is 49.9 Å². The van der Waals surface area contributed by atoms with E-state index in [0.29, 0.717) is 24.8 Å². The van der Waals surface area contributed by atoms with Crippen LogP contribution in [0.4, 0.5) is 0 Å². The van der Waals surface area contributed by atoms with Crippen LogP contribution < -0.4 is 10.1 Å². The van der Waals surface area contributed by atoms with Gasteiger partial charge in [0.25, 0.3) is 5.91 Å². The molecule has 2 amide bonds. The summed E-state index contributed by atoms with van der Waals surface area (Å²) in [6.45, 7) is 10.6. The number of carbonyl (C=O) groups is 2. The monoisotopic (exact) mass is 396 g/mol. The largest absolute Gasteiger partial charge is 0.484 e. The van der Waals surface area contributed by atoms with Crippen LogP contribution in [0.3, 0.4) is 0 Å². The van der Waals surface area contributed by atoms with Gasteiger partial charge >= 0.3 is 0 Å². The maximum absolute atomic E-state index is 13.0. The molecule has 29 heavy (non-hydrogen) atoms. The summed E-state index contributed by atoms with van der Waals surface area (Å²) in [5.41, 5.74) is 3.19. The summed E-state index contributed by atoms with van der Waals surface area (Å²) in [7, 11) is 0. The second kappa shape index (κ2) is 10.6. The van der Waals surface area contributed by atoms with Crippen LogP contribution in [0, 0.1) is 19.8 Å². The Balaban J connectivity index is 2.12. The zero-order chi connectivity index (χ0) is 21.4. The van der Waals surface area contributed by atoms with Crippen molar-refractivity contribution in [3.8, 4) is 5.75 Å². The van der Waals surface area contributed by atoms with Crippen molar-refractivity contribution in [2.75, 3.05) is 13.2 Å². The maximum Gasteiger partial charge on any atom is 0.261 e. The zero-order valence-corrected chi connectivity index (χ0v) is 18.1. The minimum atomic E-state index is -0.594. The number of aryl methyl sites for hydroxylation is 2. The maximum atomic E-state index is 13.0. The van der Waals surface area contributed by atoms with E-state index in [-0.39, 0.29) is 18.4 Å². The normalized spacial score (nSPS) is 11.8. The summed E-state index contributed by atoms with van der Waals surface area (Å²) in [6, 6.07) is 14.9. The van der Waals surface area contributed by atoms with Gasteiger partial charge < -0.3 is 15.0 Å². The number of amides is 2. The quantitative estimate of drug-likeness (QED) is 0.700. The number of ether oxygens (including phenoxy) is 1. The van der Waals surface area contributed by atoms with Crippen LogP contribution >= 0.6 is 0 Å². The molecule has 1 N–H and O–H groups in total. The smallest absolute Gasteiger partial charge is 0.261 e. The van der Waals surface area contributed by atoms with Gasteiger partial charge in [0.2, 0.25) is 5.91 Å². The van der Waals surface area contributed by atoms with Gasteiger partial charge in [0.15, 0.2) is 6.61 Å². The van der Waals surface area contributed by atoms with Gasteiger partial charge in [-0.25, -0.2) is 0 Å². The third kappa shape index (κ3) is 7.26. The number of hydrogen-bond donors (Lipinski definition) is 1. The number of hydrogen-bond acceptors (Lipinski definition) is 3. The van der Waals surface area contributed by atoms with E-state index in [1.165, 1.54) is 0 Å². The molecule has 5 heteroatoms. The van der Waals surface area contributed by atoms with Crippen LogP contribution in [0.15, 0.2) is 48.5 Å². The van der Waals surface area contributed by atoms with Crippen LogP contribution in [-0.4, -0.2) is 35.9 Å². The van der Waals surface area contributed by atoms with Crippen molar-refractivity contribution >= 4 is 11.8 Å². The molecule has 0 aliphatic rings. The Kier molecular flexibility index (Phi) is 8.25. The highest BCUT2D eigenvalue weighted by Gasteiger charge is 2.26. The molecule has 2 aromatic rings. The Bertz CT molecular complexity index is 815. The molecular weight excluding hydrogens is 364 g/mol. The van der Waals surface area contributed by atoms with E-state index in [9.17, 15) is 9.59 Å². The lowest BCUT2D eigenvalue weighted by Gasteiger charge is -2.29. The SMILES string of the molecule is Cc1ccc(CN(C(=O)COc2cccc(C)c2)C(C)C(=O)NCC(C)C)cc1.